The molecule has 0 aliphatic carbocycles. The van der Waals surface area contributed by atoms with E-state index in [1.54, 1.807) is 25.3 Å². The van der Waals surface area contributed by atoms with Crippen LogP contribution >= 0.6 is 11.8 Å². The van der Waals surface area contributed by atoms with Crippen molar-refractivity contribution in [2.24, 2.45) is 0 Å². The van der Waals surface area contributed by atoms with Gasteiger partial charge in [0.05, 0.1) is 11.3 Å². The molecule has 1 N–H and O–H groups in total. The fourth-order valence-electron chi connectivity index (χ4n) is 3.09. The zero-order valence-electron chi connectivity index (χ0n) is 16.2. The number of aryl methyl sites for hydroxylation is 1. The number of halogens is 1. The van der Waals surface area contributed by atoms with Crippen molar-refractivity contribution in [1.82, 2.24) is 19.7 Å². The van der Waals surface area contributed by atoms with E-state index in [0.29, 0.717) is 28.7 Å². The zero-order valence-corrected chi connectivity index (χ0v) is 17.0. The lowest BCUT2D eigenvalue weighted by Gasteiger charge is -2.09. The monoisotopic (exact) mass is 402 g/mol. The summed E-state index contributed by atoms with van der Waals surface area (Å²) < 4.78 is 21.1. The Kier molecular flexibility index (Phi) is 6.64. The van der Waals surface area contributed by atoms with Crippen molar-refractivity contribution >= 4 is 17.5 Å². The minimum atomic E-state index is -0.368. The normalized spacial score (nSPS) is 11.1. The highest BCUT2D eigenvalue weighted by Crippen LogP contribution is 2.23. The Bertz CT molecular complexity index is 967. The molecule has 0 unspecified atom stereocenters. The summed E-state index contributed by atoms with van der Waals surface area (Å²) in [5, 5.41) is 7.23. The van der Waals surface area contributed by atoms with Gasteiger partial charge in [0.1, 0.15) is 5.82 Å². The molecule has 0 amide bonds. The van der Waals surface area contributed by atoms with Gasteiger partial charge in [0.15, 0.2) is 11.6 Å². The number of nitrogens with one attached hydrogen (secondary N) is 1. The van der Waals surface area contributed by atoms with Crippen molar-refractivity contribution < 1.29 is 13.9 Å². The number of ether oxygens (including phenoxy) is 1. The highest BCUT2D eigenvalue weighted by atomic mass is 32.2. The molecule has 0 bridgehead atoms. The van der Waals surface area contributed by atoms with Gasteiger partial charge in [0.25, 0.3) is 0 Å². The highest BCUT2D eigenvalue weighted by Gasteiger charge is 2.17. The molecule has 2 aromatic heterocycles. The maximum absolute atomic E-state index is 13.9. The Hall–Kier alpha value is -2.45. The third-order valence-electron chi connectivity index (χ3n) is 4.53. The van der Waals surface area contributed by atoms with Gasteiger partial charge in [0, 0.05) is 37.2 Å². The number of H-pyrrole nitrogens is 1. The second-order valence-corrected chi connectivity index (χ2v) is 7.38. The number of carbonyl (C=O) groups is 1. The van der Waals surface area contributed by atoms with E-state index in [2.05, 4.69) is 19.7 Å². The SMILES string of the molecule is COCCCn1c(C)cc(C(=O)CSc2n[nH]c(-c3ccccc3F)n2)c1C. The molecular weight excluding hydrogens is 379 g/mol. The number of ketones is 1. The van der Waals surface area contributed by atoms with Crippen LogP contribution in [-0.2, 0) is 11.3 Å². The third kappa shape index (κ3) is 4.51. The van der Waals surface area contributed by atoms with Crippen molar-refractivity contribution in [2.45, 2.75) is 32.0 Å². The van der Waals surface area contributed by atoms with E-state index in [1.807, 2.05) is 19.9 Å². The molecule has 0 radical (unpaired) electrons. The number of hydrogen-bond donors (Lipinski definition) is 1. The van der Waals surface area contributed by atoms with Gasteiger partial charge < -0.3 is 9.30 Å². The minimum absolute atomic E-state index is 0.0216. The van der Waals surface area contributed by atoms with Crippen LogP contribution in [0.3, 0.4) is 0 Å². The average Bonchev–Trinajstić information content (AvgIpc) is 3.26. The van der Waals surface area contributed by atoms with Gasteiger partial charge in [-0.25, -0.2) is 9.37 Å². The molecule has 0 aliphatic heterocycles. The summed E-state index contributed by atoms with van der Waals surface area (Å²) in [5.74, 6) is 0.224. The molecule has 0 saturated heterocycles. The van der Waals surface area contributed by atoms with Gasteiger partial charge in [0.2, 0.25) is 5.16 Å². The first kappa shape index (κ1) is 20.3. The quantitative estimate of drug-likeness (QED) is 0.332. The van der Waals surface area contributed by atoms with Crippen LogP contribution < -0.4 is 0 Å². The average molecular weight is 402 g/mol. The van der Waals surface area contributed by atoms with E-state index in [-0.39, 0.29) is 17.4 Å². The van der Waals surface area contributed by atoms with E-state index in [1.165, 1.54) is 17.8 Å². The van der Waals surface area contributed by atoms with Crippen molar-refractivity contribution in [3.05, 3.63) is 53.1 Å². The Morgan fingerprint density at radius 2 is 2.11 bits per heavy atom. The summed E-state index contributed by atoms with van der Waals surface area (Å²) in [6.45, 7) is 5.46. The Morgan fingerprint density at radius 1 is 1.32 bits per heavy atom. The van der Waals surface area contributed by atoms with E-state index in [9.17, 15) is 9.18 Å². The highest BCUT2D eigenvalue weighted by molar-refractivity contribution is 7.99. The van der Waals surface area contributed by atoms with Crippen molar-refractivity contribution in [3.8, 4) is 11.4 Å². The van der Waals surface area contributed by atoms with Crippen LogP contribution in [0.15, 0.2) is 35.5 Å². The summed E-state index contributed by atoms with van der Waals surface area (Å²) in [5.41, 5.74) is 3.09. The smallest absolute Gasteiger partial charge is 0.209 e. The van der Waals surface area contributed by atoms with E-state index in [0.717, 1.165) is 24.4 Å². The first-order valence-corrected chi connectivity index (χ1v) is 9.98. The predicted octanol–water partition coefficient (Wildman–Crippen LogP) is 4.04. The maximum Gasteiger partial charge on any atom is 0.209 e. The van der Waals surface area contributed by atoms with Gasteiger partial charge >= 0.3 is 0 Å². The number of nitrogens with zero attached hydrogens (tertiary/aromatic N) is 3. The van der Waals surface area contributed by atoms with Crippen LogP contribution in [0.2, 0.25) is 0 Å². The van der Waals surface area contributed by atoms with Gasteiger partial charge in [-0.05, 0) is 38.5 Å². The molecule has 0 saturated carbocycles. The molecule has 0 aliphatic rings. The second-order valence-electron chi connectivity index (χ2n) is 6.44. The maximum atomic E-state index is 13.9. The lowest BCUT2D eigenvalue weighted by atomic mass is 10.2. The summed E-state index contributed by atoms with van der Waals surface area (Å²) in [4.78, 5) is 17.0. The zero-order chi connectivity index (χ0) is 20.1. The Balaban J connectivity index is 1.65. The van der Waals surface area contributed by atoms with Crippen LogP contribution in [0.5, 0.6) is 0 Å². The number of Topliss-reactive ketones (excluding diaryl/α,β-unsaturated/α-hetero) is 1. The van der Waals surface area contributed by atoms with E-state index in [4.69, 9.17) is 4.74 Å². The summed E-state index contributed by atoms with van der Waals surface area (Å²) in [6, 6.07) is 8.28. The fraction of sp³-hybridized carbons (Fsp3) is 0.350. The number of aromatic amines is 1. The molecule has 148 valence electrons. The molecule has 3 rings (SSSR count). The van der Waals surface area contributed by atoms with Crippen molar-refractivity contribution in [3.63, 3.8) is 0 Å². The summed E-state index contributed by atoms with van der Waals surface area (Å²) in [6.07, 6.45) is 0.894. The molecule has 1 aromatic carbocycles. The lowest BCUT2D eigenvalue weighted by molar-refractivity contribution is 0.102. The summed E-state index contributed by atoms with van der Waals surface area (Å²) >= 11 is 1.24. The van der Waals surface area contributed by atoms with Crippen LogP contribution in [0, 0.1) is 19.7 Å². The van der Waals surface area contributed by atoms with Gasteiger partial charge in [-0.3, -0.25) is 9.89 Å². The molecule has 28 heavy (non-hydrogen) atoms. The second kappa shape index (κ2) is 9.16. The van der Waals surface area contributed by atoms with Crippen LogP contribution in [0.4, 0.5) is 4.39 Å². The number of thioether (sulfide) groups is 1. The number of methoxy groups -OCH3 is 1. The lowest BCUT2D eigenvalue weighted by Crippen LogP contribution is -2.08. The number of benzene rings is 1. The molecule has 6 nitrogen and oxygen atoms in total. The first-order valence-electron chi connectivity index (χ1n) is 9.00. The molecular formula is C20H23FN4O2S. The Morgan fingerprint density at radius 3 is 2.86 bits per heavy atom. The van der Waals surface area contributed by atoms with Crippen LogP contribution in [0.25, 0.3) is 11.4 Å². The predicted molar refractivity (Wildman–Crippen MR) is 107 cm³/mol. The van der Waals surface area contributed by atoms with Gasteiger partial charge in [-0.15, -0.1) is 5.10 Å². The van der Waals surface area contributed by atoms with E-state index >= 15 is 0 Å². The third-order valence-corrected chi connectivity index (χ3v) is 5.38. The first-order chi connectivity index (χ1) is 13.5. The summed E-state index contributed by atoms with van der Waals surface area (Å²) in [7, 11) is 1.68. The van der Waals surface area contributed by atoms with Crippen LogP contribution in [0.1, 0.15) is 28.2 Å². The molecule has 0 spiro atoms. The van der Waals surface area contributed by atoms with Gasteiger partial charge in [-0.2, -0.15) is 0 Å². The number of aromatic nitrogens is 4. The molecule has 2 heterocycles. The number of rotatable bonds is 9. The minimum Gasteiger partial charge on any atom is -0.385 e. The number of carbonyl (C=O) groups excluding carboxylic acids is 1. The van der Waals surface area contributed by atoms with E-state index < -0.39 is 0 Å². The van der Waals surface area contributed by atoms with Crippen LogP contribution in [-0.4, -0.2) is 45.0 Å². The Labute approximate surface area is 167 Å². The molecule has 3 aromatic rings. The topological polar surface area (TPSA) is 72.8 Å². The number of hydrogen-bond acceptors (Lipinski definition) is 5. The molecule has 0 fully saturated rings. The van der Waals surface area contributed by atoms with Crippen molar-refractivity contribution in [2.75, 3.05) is 19.5 Å². The molecule has 8 heteroatoms. The largest absolute Gasteiger partial charge is 0.385 e. The molecule has 0 atom stereocenters. The van der Waals surface area contributed by atoms with Crippen molar-refractivity contribution in [1.29, 1.82) is 0 Å². The standard InChI is InChI=1S/C20H23FN4O2S/c1-13-11-16(14(2)25(13)9-6-10-27-3)18(26)12-28-20-22-19(23-24-20)15-7-4-5-8-17(15)21/h4-5,7-8,11H,6,9-10,12H2,1-3H3,(H,22,23,24). The fourth-order valence-corrected chi connectivity index (χ4v) is 3.77. The van der Waals surface area contributed by atoms with Gasteiger partial charge in [-0.1, -0.05) is 23.9 Å².